The number of carbonyl (C=O) groups excluding carboxylic acids is 1. The van der Waals surface area contributed by atoms with Gasteiger partial charge < -0.3 is 11.1 Å². The van der Waals surface area contributed by atoms with Crippen LogP contribution in [0.15, 0.2) is 30.5 Å². The molecule has 0 saturated heterocycles. The van der Waals surface area contributed by atoms with Gasteiger partial charge in [-0.1, -0.05) is 40.9 Å². The van der Waals surface area contributed by atoms with Crippen molar-refractivity contribution in [3.8, 4) is 11.3 Å². The SMILES string of the molecule is NC[C@H](Cc1ccc(Cl)c(Cl)c1)NC(=O)c1cc2c(s1)CCCn1ncc(Cl)c1-2. The first kappa shape index (κ1) is 20.7. The molecule has 3 heterocycles. The van der Waals surface area contributed by atoms with Crippen molar-refractivity contribution in [1.29, 1.82) is 0 Å². The lowest BCUT2D eigenvalue weighted by molar-refractivity contribution is 0.0942. The molecule has 0 radical (unpaired) electrons. The molecular formula is C20H19Cl3N4OS. The standard InChI is InChI=1S/C20H19Cl3N4OS/c21-14-4-3-11(7-15(14)22)6-12(9-24)26-20(28)18-8-13-17(29-18)2-1-5-27-19(13)16(23)10-25-27/h3-4,7-8,10,12H,1-2,5-6,9,24H2,(H,26,28)/t12-/m0/s1. The number of nitrogens with two attached hydrogens (primary N) is 1. The largest absolute Gasteiger partial charge is 0.347 e. The lowest BCUT2D eigenvalue weighted by Gasteiger charge is -2.17. The van der Waals surface area contributed by atoms with Gasteiger partial charge in [0.05, 0.1) is 31.8 Å². The van der Waals surface area contributed by atoms with E-state index in [2.05, 4.69) is 10.4 Å². The smallest absolute Gasteiger partial charge is 0.261 e. The van der Waals surface area contributed by atoms with Crippen molar-refractivity contribution in [3.63, 3.8) is 0 Å². The number of hydrogen-bond donors (Lipinski definition) is 2. The van der Waals surface area contributed by atoms with E-state index in [-0.39, 0.29) is 11.9 Å². The molecule has 9 heteroatoms. The Morgan fingerprint density at radius 1 is 1.24 bits per heavy atom. The lowest BCUT2D eigenvalue weighted by atomic mass is 10.1. The zero-order valence-electron chi connectivity index (χ0n) is 15.4. The van der Waals surface area contributed by atoms with Crippen LogP contribution < -0.4 is 11.1 Å². The van der Waals surface area contributed by atoms with Gasteiger partial charge in [-0.15, -0.1) is 11.3 Å². The molecule has 4 rings (SSSR count). The minimum absolute atomic E-state index is 0.138. The molecule has 1 aliphatic rings. The number of rotatable bonds is 5. The summed E-state index contributed by atoms with van der Waals surface area (Å²) in [6, 6.07) is 7.13. The van der Waals surface area contributed by atoms with Crippen molar-refractivity contribution in [2.24, 2.45) is 5.73 Å². The Morgan fingerprint density at radius 2 is 2.07 bits per heavy atom. The summed E-state index contributed by atoms with van der Waals surface area (Å²) >= 11 is 19.9. The van der Waals surface area contributed by atoms with Crippen LogP contribution in [0, 0.1) is 0 Å². The van der Waals surface area contributed by atoms with E-state index in [1.54, 1.807) is 18.3 Å². The van der Waals surface area contributed by atoms with Crippen molar-refractivity contribution in [2.75, 3.05) is 6.54 Å². The number of carbonyl (C=O) groups is 1. The van der Waals surface area contributed by atoms with Gasteiger partial charge >= 0.3 is 0 Å². The van der Waals surface area contributed by atoms with Gasteiger partial charge in [0.25, 0.3) is 5.91 Å². The number of hydrogen-bond acceptors (Lipinski definition) is 4. The molecule has 0 fully saturated rings. The predicted octanol–water partition coefficient (Wildman–Crippen LogP) is 4.82. The predicted molar refractivity (Wildman–Crippen MR) is 119 cm³/mol. The van der Waals surface area contributed by atoms with E-state index >= 15 is 0 Å². The van der Waals surface area contributed by atoms with Crippen LogP contribution in [-0.4, -0.2) is 28.3 Å². The minimum atomic E-state index is -0.212. The van der Waals surface area contributed by atoms with Gasteiger partial charge in [0.2, 0.25) is 0 Å². The van der Waals surface area contributed by atoms with Crippen LogP contribution in [0.4, 0.5) is 0 Å². The van der Waals surface area contributed by atoms with Crippen molar-refractivity contribution in [2.45, 2.75) is 31.8 Å². The fourth-order valence-corrected chi connectivity index (χ4v) is 5.19. The number of halogens is 3. The lowest BCUT2D eigenvalue weighted by Crippen LogP contribution is -2.41. The number of amides is 1. The maximum atomic E-state index is 12.9. The molecule has 1 atom stereocenters. The monoisotopic (exact) mass is 468 g/mol. The summed E-state index contributed by atoms with van der Waals surface area (Å²) in [4.78, 5) is 14.7. The maximum absolute atomic E-state index is 12.9. The molecule has 0 unspecified atom stereocenters. The molecule has 0 bridgehead atoms. The number of nitrogens with one attached hydrogen (secondary N) is 1. The van der Waals surface area contributed by atoms with Gasteiger partial charge in [-0.3, -0.25) is 9.48 Å². The highest BCUT2D eigenvalue weighted by atomic mass is 35.5. The fourth-order valence-electron chi connectivity index (χ4n) is 3.52. The van der Waals surface area contributed by atoms with E-state index in [1.165, 1.54) is 11.3 Å². The molecule has 1 amide bonds. The Balaban J connectivity index is 1.53. The third-order valence-electron chi connectivity index (χ3n) is 4.94. The van der Waals surface area contributed by atoms with Crippen LogP contribution in [0.25, 0.3) is 11.3 Å². The molecule has 0 saturated carbocycles. The minimum Gasteiger partial charge on any atom is -0.347 e. The van der Waals surface area contributed by atoms with Gasteiger partial charge in [0.1, 0.15) is 0 Å². The molecule has 1 aliphatic heterocycles. The third-order valence-corrected chi connectivity index (χ3v) is 7.15. The third kappa shape index (κ3) is 4.32. The molecule has 3 N–H and O–H groups in total. The van der Waals surface area contributed by atoms with Crippen molar-refractivity contribution >= 4 is 52.0 Å². The number of fused-ring (bicyclic) bond motifs is 3. The number of aromatic nitrogens is 2. The molecule has 2 aromatic heterocycles. The molecule has 5 nitrogen and oxygen atoms in total. The van der Waals surface area contributed by atoms with Crippen LogP contribution in [0.3, 0.4) is 0 Å². The van der Waals surface area contributed by atoms with Crippen molar-refractivity contribution < 1.29 is 4.79 Å². The highest BCUT2D eigenvalue weighted by Gasteiger charge is 2.24. The summed E-state index contributed by atoms with van der Waals surface area (Å²) < 4.78 is 1.91. The average Bonchev–Trinajstić information content (AvgIpc) is 3.23. The van der Waals surface area contributed by atoms with E-state index in [1.807, 2.05) is 16.8 Å². The quantitative estimate of drug-likeness (QED) is 0.563. The second kappa shape index (κ2) is 8.66. The topological polar surface area (TPSA) is 72.9 Å². The Labute approximate surface area is 187 Å². The van der Waals surface area contributed by atoms with E-state index in [4.69, 9.17) is 40.5 Å². The van der Waals surface area contributed by atoms with Gasteiger partial charge in [-0.25, -0.2) is 0 Å². The van der Waals surface area contributed by atoms with Crippen molar-refractivity contribution in [1.82, 2.24) is 15.1 Å². The van der Waals surface area contributed by atoms with Crippen LogP contribution >= 0.6 is 46.1 Å². The first-order valence-corrected chi connectivity index (χ1v) is 11.2. The zero-order valence-corrected chi connectivity index (χ0v) is 18.5. The molecule has 1 aromatic carbocycles. The number of aryl methyl sites for hydroxylation is 2. The summed E-state index contributed by atoms with van der Waals surface area (Å²) in [6.45, 7) is 1.14. The van der Waals surface area contributed by atoms with Crippen LogP contribution in [0.1, 0.15) is 26.5 Å². The summed E-state index contributed by atoms with van der Waals surface area (Å²) in [7, 11) is 0. The summed E-state index contributed by atoms with van der Waals surface area (Å²) in [6.07, 6.45) is 4.09. The second-order valence-electron chi connectivity index (χ2n) is 6.97. The molecule has 29 heavy (non-hydrogen) atoms. The van der Waals surface area contributed by atoms with Crippen LogP contribution in [-0.2, 0) is 19.4 Å². The normalized spacial score (nSPS) is 14.1. The summed E-state index contributed by atoms with van der Waals surface area (Å²) in [5.41, 5.74) is 8.75. The second-order valence-corrected chi connectivity index (χ2v) is 9.33. The highest BCUT2D eigenvalue weighted by Crippen LogP contribution is 2.38. The van der Waals surface area contributed by atoms with Gasteiger partial charge in [-0.2, -0.15) is 5.10 Å². The van der Waals surface area contributed by atoms with Crippen molar-refractivity contribution in [3.05, 3.63) is 60.8 Å². The summed E-state index contributed by atoms with van der Waals surface area (Å²) in [5.74, 6) is -0.138. The Bertz CT molecular complexity index is 1060. The van der Waals surface area contributed by atoms with Crippen LogP contribution in [0.2, 0.25) is 15.1 Å². The fraction of sp³-hybridized carbons (Fsp3) is 0.300. The summed E-state index contributed by atoms with van der Waals surface area (Å²) in [5, 5.41) is 8.98. The molecule has 3 aromatic rings. The zero-order chi connectivity index (χ0) is 20.5. The molecule has 152 valence electrons. The molecule has 0 aliphatic carbocycles. The Hall–Kier alpha value is -1.57. The Morgan fingerprint density at radius 3 is 2.83 bits per heavy atom. The maximum Gasteiger partial charge on any atom is 0.261 e. The van der Waals surface area contributed by atoms with Gasteiger partial charge in [-0.05, 0) is 43.0 Å². The number of benzene rings is 1. The van der Waals surface area contributed by atoms with E-state index in [9.17, 15) is 4.79 Å². The Kier molecular flexibility index (Phi) is 6.18. The number of thiophene rings is 1. The first-order valence-electron chi connectivity index (χ1n) is 9.25. The van der Waals surface area contributed by atoms with Gasteiger partial charge in [0.15, 0.2) is 0 Å². The number of nitrogens with zero attached hydrogens (tertiary/aromatic N) is 2. The van der Waals surface area contributed by atoms with E-state index < -0.39 is 0 Å². The van der Waals surface area contributed by atoms with E-state index in [0.717, 1.165) is 41.1 Å². The van der Waals surface area contributed by atoms with Crippen LogP contribution in [0.5, 0.6) is 0 Å². The van der Waals surface area contributed by atoms with E-state index in [0.29, 0.717) is 32.9 Å². The molecule has 0 spiro atoms. The first-order chi connectivity index (χ1) is 14.0. The highest BCUT2D eigenvalue weighted by molar-refractivity contribution is 7.14. The van der Waals surface area contributed by atoms with Gasteiger partial charge in [0, 0.05) is 29.6 Å². The average molecular weight is 470 g/mol. The molecular weight excluding hydrogens is 451 g/mol.